The molecule has 2 aromatic carbocycles. The highest BCUT2D eigenvalue weighted by Gasteiger charge is 2.35. The van der Waals surface area contributed by atoms with Crippen LogP contribution < -0.4 is 15.0 Å². The van der Waals surface area contributed by atoms with Crippen molar-refractivity contribution in [2.24, 2.45) is 0 Å². The van der Waals surface area contributed by atoms with Crippen LogP contribution in [0.2, 0.25) is 0 Å². The maximum Gasteiger partial charge on any atom is 0.315 e. The summed E-state index contributed by atoms with van der Waals surface area (Å²) < 4.78 is 5.54. The molecule has 2 N–H and O–H groups in total. The minimum atomic E-state index is -1.24. The molecule has 29 heavy (non-hydrogen) atoms. The Kier molecular flexibility index (Phi) is 6.16. The molecule has 2 amide bonds. The Morgan fingerprint density at radius 2 is 1.93 bits per heavy atom. The van der Waals surface area contributed by atoms with Crippen molar-refractivity contribution < 1.29 is 24.2 Å². The first-order chi connectivity index (χ1) is 13.9. The summed E-state index contributed by atoms with van der Waals surface area (Å²) in [4.78, 5) is 37.6. The molecule has 1 atom stereocenters. The highest BCUT2D eigenvalue weighted by atomic mass is 16.5. The lowest BCUT2D eigenvalue weighted by Crippen LogP contribution is -2.45. The van der Waals surface area contributed by atoms with Gasteiger partial charge in [0.05, 0.1) is 0 Å². The fourth-order valence-electron chi connectivity index (χ4n) is 3.24. The topological polar surface area (TPSA) is 95.9 Å². The zero-order valence-corrected chi connectivity index (χ0v) is 16.3. The standard InChI is InChI=1S/C22H24N2O5/c1-22(21(27)28,16-7-3-2-4-8-16)15-23-19(25)14-29-18-10-5-9-17(13-18)24-12-6-11-20(24)26/h2-5,7-10,13H,6,11-12,14-15H2,1H3,(H,23,25)(H,27,28). The molecule has 152 valence electrons. The van der Waals surface area contributed by atoms with Gasteiger partial charge in [0.25, 0.3) is 5.91 Å². The van der Waals surface area contributed by atoms with Gasteiger partial charge >= 0.3 is 5.97 Å². The number of amides is 2. The van der Waals surface area contributed by atoms with Crippen molar-refractivity contribution in [1.29, 1.82) is 0 Å². The first-order valence-corrected chi connectivity index (χ1v) is 9.49. The lowest BCUT2D eigenvalue weighted by Gasteiger charge is -2.25. The van der Waals surface area contributed by atoms with E-state index in [4.69, 9.17) is 4.74 Å². The third-order valence-corrected chi connectivity index (χ3v) is 5.09. The molecule has 1 saturated heterocycles. The Morgan fingerprint density at radius 1 is 1.17 bits per heavy atom. The van der Waals surface area contributed by atoms with Gasteiger partial charge in [-0.1, -0.05) is 36.4 Å². The van der Waals surface area contributed by atoms with Gasteiger partial charge < -0.3 is 20.1 Å². The molecule has 7 nitrogen and oxygen atoms in total. The van der Waals surface area contributed by atoms with Gasteiger partial charge in [-0.2, -0.15) is 0 Å². The molecule has 1 aliphatic heterocycles. The summed E-state index contributed by atoms with van der Waals surface area (Å²) in [6.45, 7) is 1.94. The predicted molar refractivity (Wildman–Crippen MR) is 108 cm³/mol. The second-order valence-electron chi connectivity index (χ2n) is 7.21. The van der Waals surface area contributed by atoms with E-state index >= 15 is 0 Å². The minimum Gasteiger partial charge on any atom is -0.484 e. The van der Waals surface area contributed by atoms with Crippen molar-refractivity contribution in [3.8, 4) is 5.75 Å². The number of ether oxygens (including phenoxy) is 1. The van der Waals surface area contributed by atoms with E-state index in [2.05, 4.69) is 5.32 Å². The molecular weight excluding hydrogens is 372 g/mol. The zero-order valence-electron chi connectivity index (χ0n) is 16.3. The summed E-state index contributed by atoms with van der Waals surface area (Å²) in [7, 11) is 0. The van der Waals surface area contributed by atoms with Gasteiger partial charge in [0, 0.05) is 31.3 Å². The van der Waals surface area contributed by atoms with Crippen LogP contribution in [0, 0.1) is 0 Å². The van der Waals surface area contributed by atoms with Crippen LogP contribution in [-0.4, -0.2) is 42.6 Å². The number of nitrogens with one attached hydrogen (secondary N) is 1. The Morgan fingerprint density at radius 3 is 2.59 bits per heavy atom. The van der Waals surface area contributed by atoms with E-state index in [0.29, 0.717) is 24.3 Å². The van der Waals surface area contributed by atoms with Gasteiger partial charge in [-0.25, -0.2) is 0 Å². The van der Waals surface area contributed by atoms with Gasteiger partial charge in [0.1, 0.15) is 11.2 Å². The smallest absolute Gasteiger partial charge is 0.315 e. The molecule has 0 aromatic heterocycles. The van der Waals surface area contributed by atoms with E-state index in [1.807, 2.05) is 12.1 Å². The normalized spacial score (nSPS) is 15.6. The molecule has 3 rings (SSSR count). The van der Waals surface area contributed by atoms with Crippen LogP contribution in [0.4, 0.5) is 5.69 Å². The maximum absolute atomic E-state index is 12.2. The lowest BCUT2D eigenvalue weighted by atomic mass is 9.82. The highest BCUT2D eigenvalue weighted by molar-refractivity contribution is 5.95. The van der Waals surface area contributed by atoms with Gasteiger partial charge in [-0.05, 0) is 31.0 Å². The fraction of sp³-hybridized carbons (Fsp3) is 0.318. The van der Waals surface area contributed by atoms with E-state index in [-0.39, 0.29) is 19.1 Å². The zero-order chi connectivity index (χ0) is 20.9. The number of hydrogen-bond acceptors (Lipinski definition) is 4. The average Bonchev–Trinajstić information content (AvgIpc) is 3.17. The SMILES string of the molecule is CC(CNC(=O)COc1cccc(N2CCCC2=O)c1)(C(=O)O)c1ccccc1. The molecule has 0 radical (unpaired) electrons. The van der Waals surface area contributed by atoms with Gasteiger partial charge in [0.2, 0.25) is 5.91 Å². The molecular formula is C22H24N2O5. The van der Waals surface area contributed by atoms with Crippen LogP contribution in [0.15, 0.2) is 54.6 Å². The van der Waals surface area contributed by atoms with Crippen LogP contribution in [-0.2, 0) is 19.8 Å². The second kappa shape index (κ2) is 8.77. The number of nitrogens with zero attached hydrogens (tertiary/aromatic N) is 1. The number of aliphatic carboxylic acids is 1. The molecule has 0 bridgehead atoms. The summed E-state index contributed by atoms with van der Waals surface area (Å²) >= 11 is 0. The van der Waals surface area contributed by atoms with E-state index in [1.54, 1.807) is 54.3 Å². The first kappa shape index (κ1) is 20.4. The number of benzene rings is 2. The average molecular weight is 396 g/mol. The van der Waals surface area contributed by atoms with Crippen molar-refractivity contribution in [2.45, 2.75) is 25.2 Å². The summed E-state index contributed by atoms with van der Waals surface area (Å²) in [5.41, 5.74) is 0.108. The van der Waals surface area contributed by atoms with E-state index < -0.39 is 17.3 Å². The third-order valence-electron chi connectivity index (χ3n) is 5.09. The predicted octanol–water partition coefficient (Wildman–Crippen LogP) is 2.35. The lowest BCUT2D eigenvalue weighted by molar-refractivity contribution is -0.143. The first-order valence-electron chi connectivity index (χ1n) is 9.49. The second-order valence-corrected chi connectivity index (χ2v) is 7.21. The summed E-state index contributed by atoms with van der Waals surface area (Å²) in [5, 5.41) is 12.3. The van der Waals surface area contributed by atoms with E-state index in [1.165, 1.54) is 0 Å². The molecule has 7 heteroatoms. The monoisotopic (exact) mass is 396 g/mol. The van der Waals surface area contributed by atoms with Gasteiger partial charge in [0.15, 0.2) is 6.61 Å². The van der Waals surface area contributed by atoms with Crippen molar-refractivity contribution >= 4 is 23.5 Å². The summed E-state index contributed by atoms with van der Waals surface area (Å²) in [6, 6.07) is 15.8. The van der Waals surface area contributed by atoms with Crippen molar-refractivity contribution in [1.82, 2.24) is 5.32 Å². The molecule has 2 aromatic rings. The van der Waals surface area contributed by atoms with Gasteiger partial charge in [-0.3, -0.25) is 14.4 Å². The van der Waals surface area contributed by atoms with E-state index in [0.717, 1.165) is 12.1 Å². The molecule has 0 aliphatic carbocycles. The Hall–Kier alpha value is -3.35. The molecule has 1 fully saturated rings. The van der Waals surface area contributed by atoms with Crippen molar-refractivity contribution in [2.75, 3.05) is 24.6 Å². The molecule has 0 spiro atoms. The Balaban J connectivity index is 1.57. The van der Waals surface area contributed by atoms with Crippen LogP contribution in [0.5, 0.6) is 5.75 Å². The number of rotatable bonds is 8. The van der Waals surface area contributed by atoms with Crippen LogP contribution in [0.25, 0.3) is 0 Å². The fourth-order valence-corrected chi connectivity index (χ4v) is 3.24. The highest BCUT2D eigenvalue weighted by Crippen LogP contribution is 2.25. The van der Waals surface area contributed by atoms with Crippen molar-refractivity contribution in [3.05, 3.63) is 60.2 Å². The Bertz CT molecular complexity index is 899. The minimum absolute atomic E-state index is 0.0587. The Labute approximate surface area is 169 Å². The molecule has 0 saturated carbocycles. The van der Waals surface area contributed by atoms with Crippen molar-refractivity contribution in [3.63, 3.8) is 0 Å². The number of anilines is 1. The molecule has 1 unspecified atom stereocenters. The molecule has 1 heterocycles. The van der Waals surface area contributed by atoms with Crippen LogP contribution >= 0.6 is 0 Å². The number of carboxylic acids is 1. The summed E-state index contributed by atoms with van der Waals surface area (Å²) in [6.07, 6.45) is 1.37. The largest absolute Gasteiger partial charge is 0.484 e. The number of hydrogen-bond donors (Lipinski definition) is 2. The van der Waals surface area contributed by atoms with E-state index in [9.17, 15) is 19.5 Å². The van der Waals surface area contributed by atoms with Gasteiger partial charge in [-0.15, -0.1) is 0 Å². The summed E-state index contributed by atoms with van der Waals surface area (Å²) in [5.74, 6) is -0.890. The molecule has 1 aliphatic rings. The quantitative estimate of drug-likeness (QED) is 0.714. The number of carboxylic acid groups (broad SMARTS) is 1. The number of carbonyl (C=O) groups excluding carboxylic acids is 2. The van der Waals surface area contributed by atoms with Crippen LogP contribution in [0.1, 0.15) is 25.3 Å². The van der Waals surface area contributed by atoms with Crippen LogP contribution in [0.3, 0.4) is 0 Å². The number of carbonyl (C=O) groups is 3. The third kappa shape index (κ3) is 4.74. The maximum atomic E-state index is 12.2.